The first-order chi connectivity index (χ1) is 15.0. The highest BCUT2D eigenvalue weighted by molar-refractivity contribution is 6.65. The van der Waals surface area contributed by atoms with E-state index in [1.807, 2.05) is 119 Å². The highest BCUT2D eigenvalue weighted by Gasteiger charge is 2.45. The van der Waals surface area contributed by atoms with Crippen molar-refractivity contribution < 1.29 is 8.85 Å². The predicted molar refractivity (Wildman–Crippen MR) is 127 cm³/mol. The molecule has 0 aromatic heterocycles. The van der Waals surface area contributed by atoms with Crippen LogP contribution in [0.5, 0.6) is 0 Å². The van der Waals surface area contributed by atoms with Gasteiger partial charge in [-0.1, -0.05) is 54.6 Å². The van der Waals surface area contributed by atoms with Crippen LogP contribution in [-0.2, 0) is 8.85 Å². The van der Waals surface area contributed by atoms with E-state index in [2.05, 4.69) is 10.2 Å². The molecule has 0 N–H and O–H groups in total. The Morgan fingerprint density at radius 2 is 0.935 bits per heavy atom. The molecule has 3 aromatic carbocycles. The lowest BCUT2D eigenvalue weighted by Crippen LogP contribution is -2.41. The van der Waals surface area contributed by atoms with E-state index in [1.54, 1.807) is 10.0 Å². The van der Waals surface area contributed by atoms with Crippen molar-refractivity contribution in [2.24, 2.45) is 10.2 Å². The van der Waals surface area contributed by atoms with Crippen LogP contribution in [0.3, 0.4) is 0 Å². The zero-order valence-corrected chi connectivity index (χ0v) is 19.3. The molecular formula is C24H27N4O2Si+. The average Bonchev–Trinajstić information content (AvgIpc) is 2.78. The highest BCUT2D eigenvalue weighted by Crippen LogP contribution is 2.10. The Balaban J connectivity index is 2.00. The maximum Gasteiger partial charge on any atom is 0.826 e. The van der Waals surface area contributed by atoms with E-state index in [0.717, 1.165) is 16.3 Å². The van der Waals surface area contributed by atoms with Crippen LogP contribution in [0.15, 0.2) is 101 Å². The lowest BCUT2D eigenvalue weighted by molar-refractivity contribution is 0.375. The van der Waals surface area contributed by atoms with Crippen LogP contribution in [0, 0.1) is 0 Å². The maximum absolute atomic E-state index is 6.46. The van der Waals surface area contributed by atoms with Gasteiger partial charge < -0.3 is 0 Å². The molecule has 0 saturated heterocycles. The lowest BCUT2D eigenvalue weighted by Gasteiger charge is -2.12. The Labute approximate surface area is 185 Å². The summed E-state index contributed by atoms with van der Waals surface area (Å²) in [6, 6.07) is 29.6. The van der Waals surface area contributed by atoms with E-state index < -0.39 is 9.28 Å². The maximum atomic E-state index is 6.46. The van der Waals surface area contributed by atoms with Crippen LogP contribution in [0.25, 0.3) is 0 Å². The normalized spacial score (nSPS) is 11.6. The summed E-state index contributed by atoms with van der Waals surface area (Å²) in [5, 5.41) is 13.6. The summed E-state index contributed by atoms with van der Waals surface area (Å²) in [5.41, 5.74) is 1.76. The molecule has 0 aliphatic heterocycles. The van der Waals surface area contributed by atoms with Crippen molar-refractivity contribution in [2.45, 2.75) is 0 Å². The smallest absolute Gasteiger partial charge is 0.299 e. The first-order valence-corrected chi connectivity index (χ1v) is 11.3. The number of rotatable bonds is 7. The first-order valence-electron chi connectivity index (χ1n) is 9.93. The molecule has 0 radical (unpaired) electrons. The van der Waals surface area contributed by atoms with Crippen LogP contribution in [0.2, 0.25) is 0 Å². The van der Waals surface area contributed by atoms with Crippen LogP contribution in [0.4, 0.5) is 0 Å². The molecule has 6 nitrogen and oxygen atoms in total. The van der Waals surface area contributed by atoms with E-state index in [0.29, 0.717) is 11.8 Å². The lowest BCUT2D eigenvalue weighted by atomic mass is 10.2. The van der Waals surface area contributed by atoms with Crippen LogP contribution in [-0.4, -0.2) is 59.3 Å². The molecule has 0 atom stereocenters. The van der Waals surface area contributed by atoms with Crippen molar-refractivity contribution in [3.8, 4) is 0 Å². The zero-order valence-electron chi connectivity index (χ0n) is 18.3. The minimum absolute atomic E-state index is 0.501. The number of hydrogen-bond donors (Lipinski definition) is 0. The van der Waals surface area contributed by atoms with Crippen molar-refractivity contribution >= 4 is 26.3 Å². The Bertz CT molecular complexity index is 930. The Morgan fingerprint density at radius 1 is 0.581 bits per heavy atom. The Hall–Kier alpha value is -3.58. The minimum Gasteiger partial charge on any atom is -0.299 e. The second-order valence-electron chi connectivity index (χ2n) is 7.09. The molecule has 0 saturated carbocycles. The largest absolute Gasteiger partial charge is 0.826 e. The predicted octanol–water partition coefficient (Wildman–Crippen LogP) is 3.26. The molecule has 158 valence electrons. The first kappa shape index (κ1) is 22.1. The molecule has 0 unspecified atom stereocenters. The van der Waals surface area contributed by atoms with E-state index in [9.17, 15) is 0 Å². The van der Waals surface area contributed by atoms with Gasteiger partial charge >= 0.3 is 9.28 Å². The molecule has 3 aromatic rings. The summed E-state index contributed by atoms with van der Waals surface area (Å²) in [6.07, 6.45) is 0. The van der Waals surface area contributed by atoms with Gasteiger partial charge in [-0.2, -0.15) is 0 Å². The number of benzene rings is 3. The van der Waals surface area contributed by atoms with Gasteiger partial charge in [-0.3, -0.25) is 18.9 Å². The fourth-order valence-corrected chi connectivity index (χ4v) is 4.10. The second kappa shape index (κ2) is 11.0. The third-order valence-corrected chi connectivity index (χ3v) is 5.57. The van der Waals surface area contributed by atoms with E-state index >= 15 is 0 Å². The van der Waals surface area contributed by atoms with Gasteiger partial charge in [0, 0.05) is 39.3 Å². The number of hydrogen-bond acceptors (Lipinski definition) is 6. The summed E-state index contributed by atoms with van der Waals surface area (Å²) in [7, 11) is 5.45. The number of hydrazone groups is 2. The molecule has 0 spiro atoms. The second-order valence-corrected chi connectivity index (χ2v) is 8.65. The molecule has 0 bridgehead atoms. The van der Waals surface area contributed by atoms with Crippen LogP contribution >= 0.6 is 0 Å². The SMILES string of the molecule is CN(C)/N=C(/O[Si+](O/C(=N/N(C)C)c1ccccc1)c1ccccc1)c1ccccc1. The molecule has 0 amide bonds. The molecule has 0 heterocycles. The van der Waals surface area contributed by atoms with Gasteiger partial charge in [0.2, 0.25) is 0 Å². The fourth-order valence-electron chi connectivity index (χ4n) is 2.69. The van der Waals surface area contributed by atoms with Gasteiger partial charge in [0.15, 0.2) is 5.19 Å². The number of nitrogens with zero attached hydrogens (tertiary/aromatic N) is 4. The molecule has 0 fully saturated rings. The zero-order chi connectivity index (χ0) is 22.1. The van der Waals surface area contributed by atoms with E-state index in [1.165, 1.54) is 0 Å². The standard InChI is InChI=1S/C24H27N4O2Si/c1-27(2)25-23(20-14-8-5-9-15-20)29-31(22-18-12-7-13-19-22)30-24(26-28(3)4)21-16-10-6-11-17-21/h5-19H,1-4H3/q+1/b25-23+,26-24+. The summed E-state index contributed by atoms with van der Waals surface area (Å²) in [4.78, 5) is 0. The van der Waals surface area contributed by atoms with Crippen molar-refractivity contribution in [3.05, 3.63) is 102 Å². The van der Waals surface area contributed by atoms with Crippen molar-refractivity contribution in [1.82, 2.24) is 10.0 Å². The molecule has 0 aliphatic rings. The molecule has 3 rings (SSSR count). The molecular weight excluding hydrogens is 404 g/mol. The fraction of sp³-hybridized carbons (Fsp3) is 0.167. The molecule has 0 aliphatic carbocycles. The van der Waals surface area contributed by atoms with E-state index in [4.69, 9.17) is 8.85 Å². The summed E-state index contributed by atoms with van der Waals surface area (Å²) in [6.45, 7) is 0. The van der Waals surface area contributed by atoms with Gasteiger partial charge in [-0.05, 0) is 36.4 Å². The van der Waals surface area contributed by atoms with E-state index in [-0.39, 0.29) is 0 Å². The van der Waals surface area contributed by atoms with Gasteiger partial charge in [0.05, 0.1) is 0 Å². The van der Waals surface area contributed by atoms with Gasteiger partial charge in [-0.15, -0.1) is 10.2 Å². The quantitative estimate of drug-likeness (QED) is 0.249. The van der Waals surface area contributed by atoms with Crippen molar-refractivity contribution in [3.63, 3.8) is 0 Å². The Kier molecular flexibility index (Phi) is 7.83. The third-order valence-electron chi connectivity index (χ3n) is 4.01. The van der Waals surface area contributed by atoms with Crippen LogP contribution in [0.1, 0.15) is 11.1 Å². The monoisotopic (exact) mass is 431 g/mol. The summed E-state index contributed by atoms with van der Waals surface area (Å²) in [5.74, 6) is 1.00. The Morgan fingerprint density at radius 3 is 1.29 bits per heavy atom. The average molecular weight is 432 g/mol. The van der Waals surface area contributed by atoms with Gasteiger partial charge in [-0.25, -0.2) is 0 Å². The molecule has 7 heteroatoms. The molecule has 31 heavy (non-hydrogen) atoms. The van der Waals surface area contributed by atoms with Crippen molar-refractivity contribution in [1.29, 1.82) is 0 Å². The summed E-state index contributed by atoms with van der Waals surface area (Å²) >= 11 is 0. The van der Waals surface area contributed by atoms with Gasteiger partial charge in [0.1, 0.15) is 0 Å². The topological polar surface area (TPSA) is 49.7 Å². The minimum atomic E-state index is -2.02. The summed E-state index contributed by atoms with van der Waals surface area (Å²) < 4.78 is 12.9. The van der Waals surface area contributed by atoms with Gasteiger partial charge in [0.25, 0.3) is 11.8 Å². The third kappa shape index (κ3) is 6.72. The van der Waals surface area contributed by atoms with Crippen molar-refractivity contribution in [2.75, 3.05) is 28.2 Å². The highest BCUT2D eigenvalue weighted by atomic mass is 28.3. The van der Waals surface area contributed by atoms with Crippen LogP contribution < -0.4 is 5.19 Å².